The summed E-state index contributed by atoms with van der Waals surface area (Å²) in [5.74, 6) is 1.70. The number of hydrogen-bond acceptors (Lipinski definition) is 4. The third-order valence-corrected chi connectivity index (χ3v) is 4.69. The number of pyridine rings is 1. The standard InChI is InChI=1S/C18H20N2O3/c1-11(2)23-13-4-3-12-5-6-19-17(14(12)7-13)22-10-18-8-15(18)16(21)20-9-18/h3-7,11,15H,8-10H2,1-2H3,(H,20,21)/t15-,18+/m1/s1. The van der Waals surface area contributed by atoms with Crippen LogP contribution in [-0.2, 0) is 4.79 Å². The van der Waals surface area contributed by atoms with Gasteiger partial charge in [0.2, 0.25) is 11.8 Å². The van der Waals surface area contributed by atoms with E-state index in [0.29, 0.717) is 19.0 Å². The maximum absolute atomic E-state index is 11.6. The minimum atomic E-state index is -0.0209. The van der Waals surface area contributed by atoms with Crippen LogP contribution in [0.5, 0.6) is 11.6 Å². The molecule has 2 atom stereocenters. The van der Waals surface area contributed by atoms with Crippen molar-refractivity contribution in [1.82, 2.24) is 10.3 Å². The fourth-order valence-electron chi connectivity index (χ4n) is 3.30. The molecule has 1 aromatic heterocycles. The third kappa shape index (κ3) is 2.50. The highest BCUT2D eigenvalue weighted by molar-refractivity contribution is 5.88. The molecule has 2 aliphatic rings. The highest BCUT2D eigenvalue weighted by atomic mass is 16.5. The molecule has 2 heterocycles. The number of nitrogens with one attached hydrogen (secondary N) is 1. The second-order valence-electron chi connectivity index (χ2n) is 6.79. The summed E-state index contributed by atoms with van der Waals surface area (Å²) >= 11 is 0. The van der Waals surface area contributed by atoms with Crippen molar-refractivity contribution in [2.75, 3.05) is 13.2 Å². The first-order valence-corrected chi connectivity index (χ1v) is 8.03. The smallest absolute Gasteiger partial charge is 0.223 e. The molecule has 5 nitrogen and oxygen atoms in total. The monoisotopic (exact) mass is 312 g/mol. The average molecular weight is 312 g/mol. The van der Waals surface area contributed by atoms with Gasteiger partial charge in [0.25, 0.3) is 0 Å². The predicted molar refractivity (Wildman–Crippen MR) is 86.6 cm³/mol. The molecular formula is C18H20N2O3. The summed E-state index contributed by atoms with van der Waals surface area (Å²) in [7, 11) is 0. The number of carbonyl (C=O) groups is 1. The van der Waals surface area contributed by atoms with Crippen molar-refractivity contribution in [2.45, 2.75) is 26.4 Å². The van der Waals surface area contributed by atoms with Crippen LogP contribution in [0.3, 0.4) is 0 Å². The molecule has 2 fully saturated rings. The van der Waals surface area contributed by atoms with Gasteiger partial charge in [0, 0.05) is 29.5 Å². The van der Waals surface area contributed by atoms with E-state index in [1.807, 2.05) is 38.1 Å². The first-order valence-electron chi connectivity index (χ1n) is 8.03. The first kappa shape index (κ1) is 14.3. The topological polar surface area (TPSA) is 60.5 Å². The molecule has 120 valence electrons. The van der Waals surface area contributed by atoms with E-state index in [-0.39, 0.29) is 23.3 Å². The zero-order valence-electron chi connectivity index (χ0n) is 13.3. The lowest BCUT2D eigenvalue weighted by Crippen LogP contribution is -2.24. The van der Waals surface area contributed by atoms with Crippen molar-refractivity contribution in [3.05, 3.63) is 30.5 Å². The number of fused-ring (bicyclic) bond motifs is 2. The summed E-state index contributed by atoms with van der Waals surface area (Å²) in [6.07, 6.45) is 2.79. The van der Waals surface area contributed by atoms with Gasteiger partial charge in [-0.2, -0.15) is 0 Å². The number of amides is 1. The maximum atomic E-state index is 11.6. The Morgan fingerprint density at radius 2 is 2.26 bits per heavy atom. The Morgan fingerprint density at radius 3 is 2.96 bits per heavy atom. The first-order chi connectivity index (χ1) is 11.1. The predicted octanol–water partition coefficient (Wildman–Crippen LogP) is 2.54. The highest BCUT2D eigenvalue weighted by Crippen LogP contribution is 2.55. The minimum Gasteiger partial charge on any atom is -0.491 e. The Labute approximate surface area is 135 Å². The van der Waals surface area contributed by atoms with Crippen LogP contribution in [0.15, 0.2) is 30.5 Å². The normalized spacial score (nSPS) is 25.3. The van der Waals surface area contributed by atoms with Gasteiger partial charge >= 0.3 is 0 Å². The van der Waals surface area contributed by atoms with Crippen molar-refractivity contribution in [2.24, 2.45) is 11.3 Å². The van der Waals surface area contributed by atoms with Gasteiger partial charge in [0.15, 0.2) is 0 Å². The Bertz CT molecular complexity index is 774. The van der Waals surface area contributed by atoms with Gasteiger partial charge < -0.3 is 14.8 Å². The molecule has 1 saturated carbocycles. The molecule has 1 N–H and O–H groups in total. The Morgan fingerprint density at radius 1 is 1.39 bits per heavy atom. The second kappa shape index (κ2) is 5.11. The molecule has 1 saturated heterocycles. The van der Waals surface area contributed by atoms with Crippen molar-refractivity contribution in [3.8, 4) is 11.6 Å². The zero-order chi connectivity index (χ0) is 16.0. The summed E-state index contributed by atoms with van der Waals surface area (Å²) in [6, 6.07) is 7.90. The van der Waals surface area contributed by atoms with Crippen molar-refractivity contribution >= 4 is 16.7 Å². The number of nitrogens with zero attached hydrogens (tertiary/aromatic N) is 1. The molecule has 5 heteroatoms. The molecule has 1 aromatic carbocycles. The molecule has 2 aromatic rings. The number of piperidine rings is 1. The summed E-state index contributed by atoms with van der Waals surface area (Å²) < 4.78 is 11.8. The summed E-state index contributed by atoms with van der Waals surface area (Å²) in [5.41, 5.74) is -0.0209. The van der Waals surface area contributed by atoms with Gasteiger partial charge in [-0.15, -0.1) is 0 Å². The fraction of sp³-hybridized carbons (Fsp3) is 0.444. The van der Waals surface area contributed by atoms with Crippen molar-refractivity contribution in [3.63, 3.8) is 0 Å². The van der Waals surface area contributed by atoms with E-state index in [4.69, 9.17) is 9.47 Å². The van der Waals surface area contributed by atoms with Crippen LogP contribution in [0.25, 0.3) is 10.8 Å². The van der Waals surface area contributed by atoms with Gasteiger partial charge in [-0.25, -0.2) is 4.98 Å². The second-order valence-corrected chi connectivity index (χ2v) is 6.79. The molecule has 1 amide bonds. The number of carbonyl (C=O) groups excluding carboxylic acids is 1. The van der Waals surface area contributed by atoms with Crippen molar-refractivity contribution < 1.29 is 14.3 Å². The molecule has 0 spiro atoms. The molecular weight excluding hydrogens is 292 g/mol. The van der Waals surface area contributed by atoms with Crippen LogP contribution in [0, 0.1) is 11.3 Å². The van der Waals surface area contributed by atoms with Crippen molar-refractivity contribution in [1.29, 1.82) is 0 Å². The average Bonchev–Trinajstić information content (AvgIpc) is 3.17. The third-order valence-electron chi connectivity index (χ3n) is 4.69. The SMILES string of the molecule is CC(C)Oc1ccc2ccnc(OC[C@]34CNC(=O)[C@H]3C4)c2c1. The molecule has 4 rings (SSSR count). The quantitative estimate of drug-likeness (QED) is 0.921. The van der Waals surface area contributed by atoms with Gasteiger partial charge in [-0.1, -0.05) is 6.07 Å². The molecule has 23 heavy (non-hydrogen) atoms. The number of hydrogen-bond donors (Lipinski definition) is 1. The van der Waals surface area contributed by atoms with E-state index in [1.54, 1.807) is 6.20 Å². The van der Waals surface area contributed by atoms with E-state index in [9.17, 15) is 4.79 Å². The lowest BCUT2D eigenvalue weighted by atomic mass is 10.1. The Hall–Kier alpha value is -2.30. The molecule has 0 radical (unpaired) electrons. The van der Waals surface area contributed by atoms with E-state index in [2.05, 4.69) is 10.3 Å². The number of rotatable bonds is 5. The van der Waals surface area contributed by atoms with Crippen LogP contribution in [0.2, 0.25) is 0 Å². The van der Waals surface area contributed by atoms with Gasteiger partial charge in [-0.05, 0) is 43.9 Å². The van der Waals surface area contributed by atoms with Crippen LogP contribution in [0.4, 0.5) is 0 Å². The lowest BCUT2D eigenvalue weighted by molar-refractivity contribution is -0.120. The van der Waals surface area contributed by atoms with Gasteiger partial charge in [0.05, 0.1) is 12.7 Å². The fourth-order valence-corrected chi connectivity index (χ4v) is 3.30. The largest absolute Gasteiger partial charge is 0.491 e. The highest BCUT2D eigenvalue weighted by Gasteiger charge is 2.63. The Balaban J connectivity index is 1.58. The van der Waals surface area contributed by atoms with Crippen LogP contribution in [-0.4, -0.2) is 30.1 Å². The molecule has 1 aliphatic carbocycles. The molecule has 0 bridgehead atoms. The lowest BCUT2D eigenvalue weighted by Gasteiger charge is -2.15. The van der Waals surface area contributed by atoms with E-state index in [0.717, 1.165) is 22.9 Å². The van der Waals surface area contributed by atoms with Crippen LogP contribution in [0.1, 0.15) is 20.3 Å². The number of aromatic nitrogens is 1. The number of ether oxygens (including phenoxy) is 2. The van der Waals surface area contributed by atoms with Crippen LogP contribution >= 0.6 is 0 Å². The Kier molecular flexibility index (Phi) is 3.18. The summed E-state index contributed by atoms with van der Waals surface area (Å²) in [5, 5.41) is 4.91. The van der Waals surface area contributed by atoms with E-state index >= 15 is 0 Å². The maximum Gasteiger partial charge on any atom is 0.223 e. The minimum absolute atomic E-state index is 0.0209. The molecule has 1 aliphatic heterocycles. The molecule has 0 unspecified atom stereocenters. The number of benzene rings is 1. The zero-order valence-corrected chi connectivity index (χ0v) is 13.3. The van der Waals surface area contributed by atoms with E-state index < -0.39 is 0 Å². The van der Waals surface area contributed by atoms with E-state index in [1.165, 1.54) is 0 Å². The van der Waals surface area contributed by atoms with Gasteiger partial charge in [-0.3, -0.25) is 4.79 Å². The van der Waals surface area contributed by atoms with Gasteiger partial charge in [0.1, 0.15) is 5.75 Å². The summed E-state index contributed by atoms with van der Waals surface area (Å²) in [6.45, 7) is 5.24. The summed E-state index contributed by atoms with van der Waals surface area (Å²) in [4.78, 5) is 16.0. The van der Waals surface area contributed by atoms with Crippen LogP contribution < -0.4 is 14.8 Å².